The Hall–Kier alpha value is -0.530. The van der Waals surface area contributed by atoms with Gasteiger partial charge in [0.25, 0.3) is 0 Å². The van der Waals surface area contributed by atoms with Gasteiger partial charge in [0, 0.05) is 0 Å². The minimum absolute atomic E-state index is 0. The molecule has 1 amide bonds. The lowest BCUT2D eigenvalue weighted by Crippen LogP contribution is -2.56. The zero-order valence-electron chi connectivity index (χ0n) is 9.79. The Kier molecular flexibility index (Phi) is 6.39. The minimum Gasteiger partial charge on any atom is -0.382 e. The number of amides is 1. The zero-order valence-corrected chi connectivity index (χ0v) is 10.6. The molecule has 0 radical (unpaired) electrons. The average molecular weight is 291 g/mol. The molecule has 0 aliphatic heterocycles. The molecule has 1 atom stereocenters. The molecule has 1 aliphatic rings. The molecule has 108 valence electrons. The third-order valence-corrected chi connectivity index (χ3v) is 3.03. The van der Waals surface area contributed by atoms with Crippen LogP contribution in [0.4, 0.5) is 13.2 Å². The number of nitrogens with two attached hydrogens (primary N) is 1. The summed E-state index contributed by atoms with van der Waals surface area (Å²) >= 11 is 0. The Bertz CT molecular complexity index is 281. The number of nitrogens with one attached hydrogen (secondary N) is 1. The first-order valence-corrected chi connectivity index (χ1v) is 5.58. The van der Waals surface area contributed by atoms with Gasteiger partial charge < -0.3 is 16.2 Å². The lowest BCUT2D eigenvalue weighted by atomic mass is 9.82. The maximum absolute atomic E-state index is 12.0. The molecular formula is C10H18ClF3N2O2. The number of halogens is 4. The maximum atomic E-state index is 12.0. The second-order valence-corrected chi connectivity index (χ2v) is 4.48. The van der Waals surface area contributed by atoms with Gasteiger partial charge in [-0.25, -0.2) is 0 Å². The zero-order chi connectivity index (χ0) is 13.1. The van der Waals surface area contributed by atoms with Crippen LogP contribution < -0.4 is 11.1 Å². The topological polar surface area (TPSA) is 75.4 Å². The Labute approximate surface area is 110 Å². The van der Waals surface area contributed by atoms with E-state index in [4.69, 9.17) is 10.8 Å². The number of hydrogen-bond acceptors (Lipinski definition) is 3. The Balaban J connectivity index is 0.00000289. The van der Waals surface area contributed by atoms with Gasteiger partial charge in [-0.05, 0) is 12.8 Å². The Morgan fingerprint density at radius 1 is 1.33 bits per heavy atom. The summed E-state index contributed by atoms with van der Waals surface area (Å²) in [4.78, 5) is 11.6. The lowest BCUT2D eigenvalue weighted by Gasteiger charge is -2.32. The van der Waals surface area contributed by atoms with Crippen molar-refractivity contribution < 1.29 is 23.1 Å². The number of alkyl halides is 3. The standard InChI is InChI=1S/C10H17F3N2O2.ClH/c11-10(12,13)7(16)6-15-8(17)9(14)4-2-1-3-5-9;/h7,16H,1-6,14H2,(H,15,17);1H. The number of aliphatic hydroxyl groups excluding tert-OH is 1. The quantitative estimate of drug-likeness (QED) is 0.729. The van der Waals surface area contributed by atoms with Crippen molar-refractivity contribution in [2.24, 2.45) is 5.73 Å². The van der Waals surface area contributed by atoms with E-state index in [-0.39, 0.29) is 12.4 Å². The summed E-state index contributed by atoms with van der Waals surface area (Å²) in [6, 6.07) is 0. The predicted molar refractivity (Wildman–Crippen MR) is 62.3 cm³/mol. The fourth-order valence-corrected chi connectivity index (χ4v) is 1.89. The van der Waals surface area contributed by atoms with Crippen molar-refractivity contribution >= 4 is 18.3 Å². The van der Waals surface area contributed by atoms with Crippen LogP contribution in [0.3, 0.4) is 0 Å². The fraction of sp³-hybridized carbons (Fsp3) is 0.900. The van der Waals surface area contributed by atoms with E-state index in [0.29, 0.717) is 12.8 Å². The van der Waals surface area contributed by atoms with Crippen molar-refractivity contribution in [1.29, 1.82) is 0 Å². The SMILES string of the molecule is Cl.NC1(C(=O)NCC(O)C(F)(F)F)CCCCC1. The highest BCUT2D eigenvalue weighted by Gasteiger charge is 2.40. The van der Waals surface area contributed by atoms with Crippen molar-refractivity contribution in [1.82, 2.24) is 5.32 Å². The Morgan fingerprint density at radius 2 is 1.83 bits per heavy atom. The summed E-state index contributed by atoms with van der Waals surface area (Å²) in [5, 5.41) is 10.8. The van der Waals surface area contributed by atoms with Crippen LogP contribution >= 0.6 is 12.4 Å². The van der Waals surface area contributed by atoms with Gasteiger partial charge in [0.1, 0.15) is 0 Å². The molecule has 1 rings (SSSR count). The van der Waals surface area contributed by atoms with Crippen LogP contribution in [0.1, 0.15) is 32.1 Å². The molecule has 0 bridgehead atoms. The highest BCUT2D eigenvalue weighted by molar-refractivity contribution is 5.86. The summed E-state index contributed by atoms with van der Waals surface area (Å²) in [7, 11) is 0. The smallest absolute Gasteiger partial charge is 0.382 e. The molecular weight excluding hydrogens is 273 g/mol. The van der Waals surface area contributed by atoms with Crippen molar-refractivity contribution in [2.45, 2.75) is 49.9 Å². The van der Waals surface area contributed by atoms with E-state index in [1.54, 1.807) is 0 Å². The maximum Gasteiger partial charge on any atom is 0.416 e. The fourth-order valence-electron chi connectivity index (χ4n) is 1.89. The van der Waals surface area contributed by atoms with Crippen LogP contribution in [0.15, 0.2) is 0 Å². The molecule has 1 unspecified atom stereocenters. The molecule has 18 heavy (non-hydrogen) atoms. The van der Waals surface area contributed by atoms with Crippen molar-refractivity contribution in [3.63, 3.8) is 0 Å². The van der Waals surface area contributed by atoms with Gasteiger partial charge in [0.15, 0.2) is 6.10 Å². The second kappa shape index (κ2) is 6.58. The molecule has 8 heteroatoms. The van der Waals surface area contributed by atoms with Gasteiger partial charge in [-0.1, -0.05) is 19.3 Å². The molecule has 0 aromatic carbocycles. The molecule has 1 aliphatic carbocycles. The van der Waals surface area contributed by atoms with E-state index in [1.807, 2.05) is 0 Å². The van der Waals surface area contributed by atoms with E-state index >= 15 is 0 Å². The van der Waals surface area contributed by atoms with Gasteiger partial charge in [-0.15, -0.1) is 12.4 Å². The van der Waals surface area contributed by atoms with E-state index in [0.717, 1.165) is 19.3 Å². The van der Waals surface area contributed by atoms with Crippen molar-refractivity contribution in [3.8, 4) is 0 Å². The first kappa shape index (κ1) is 17.5. The number of carbonyl (C=O) groups excluding carboxylic acids is 1. The molecule has 1 saturated carbocycles. The molecule has 0 heterocycles. The van der Waals surface area contributed by atoms with E-state index in [9.17, 15) is 18.0 Å². The number of carbonyl (C=O) groups is 1. The predicted octanol–water partition coefficient (Wildman–Crippen LogP) is 1.11. The summed E-state index contributed by atoms with van der Waals surface area (Å²) in [6.07, 6.45) is -3.74. The van der Waals surface area contributed by atoms with Gasteiger partial charge in [0.2, 0.25) is 5.91 Å². The summed E-state index contributed by atoms with van der Waals surface area (Å²) < 4.78 is 36.0. The monoisotopic (exact) mass is 290 g/mol. The van der Waals surface area contributed by atoms with Gasteiger partial charge in [0.05, 0.1) is 12.1 Å². The van der Waals surface area contributed by atoms with Crippen molar-refractivity contribution in [3.05, 3.63) is 0 Å². The van der Waals surface area contributed by atoms with Crippen LogP contribution in [0.2, 0.25) is 0 Å². The molecule has 1 fully saturated rings. The summed E-state index contributed by atoms with van der Waals surface area (Å²) in [5.74, 6) is -0.611. The van der Waals surface area contributed by atoms with Gasteiger partial charge in [-0.3, -0.25) is 4.79 Å². The van der Waals surface area contributed by atoms with Crippen LogP contribution in [0.25, 0.3) is 0 Å². The second-order valence-electron chi connectivity index (χ2n) is 4.48. The van der Waals surface area contributed by atoms with E-state index in [2.05, 4.69) is 5.32 Å². The van der Waals surface area contributed by atoms with Crippen LogP contribution in [-0.4, -0.2) is 35.4 Å². The molecule has 0 saturated heterocycles. The third kappa shape index (κ3) is 4.62. The molecule has 0 aromatic rings. The summed E-state index contributed by atoms with van der Waals surface area (Å²) in [5.41, 5.74) is 4.74. The lowest BCUT2D eigenvalue weighted by molar-refractivity contribution is -0.202. The Morgan fingerprint density at radius 3 is 2.28 bits per heavy atom. The van der Waals surface area contributed by atoms with Gasteiger partial charge in [-0.2, -0.15) is 13.2 Å². The van der Waals surface area contributed by atoms with Gasteiger partial charge >= 0.3 is 6.18 Å². The number of rotatable bonds is 3. The van der Waals surface area contributed by atoms with E-state index < -0.39 is 30.3 Å². The molecule has 0 aromatic heterocycles. The highest BCUT2D eigenvalue weighted by Crippen LogP contribution is 2.26. The van der Waals surface area contributed by atoms with E-state index in [1.165, 1.54) is 0 Å². The van der Waals surface area contributed by atoms with Crippen molar-refractivity contribution in [2.75, 3.05) is 6.54 Å². The first-order chi connectivity index (χ1) is 7.76. The third-order valence-electron chi connectivity index (χ3n) is 3.03. The highest BCUT2D eigenvalue weighted by atomic mass is 35.5. The summed E-state index contributed by atoms with van der Waals surface area (Å²) in [6.45, 7) is -0.846. The minimum atomic E-state index is -4.72. The van der Waals surface area contributed by atoms with Crippen LogP contribution in [0.5, 0.6) is 0 Å². The average Bonchev–Trinajstić information content (AvgIpc) is 2.25. The molecule has 4 nitrogen and oxygen atoms in total. The van der Waals surface area contributed by atoms with Crippen LogP contribution in [0, 0.1) is 0 Å². The number of hydrogen-bond donors (Lipinski definition) is 3. The molecule has 0 spiro atoms. The first-order valence-electron chi connectivity index (χ1n) is 5.58. The number of aliphatic hydroxyl groups is 1. The largest absolute Gasteiger partial charge is 0.416 e. The van der Waals surface area contributed by atoms with Crippen LogP contribution in [-0.2, 0) is 4.79 Å². The normalized spacial score (nSPS) is 20.7. The molecule has 4 N–H and O–H groups in total.